The highest BCUT2D eigenvalue weighted by Gasteiger charge is 2.35. The number of nitrogens with zero attached hydrogens (tertiary/aromatic N) is 4. The Kier molecular flexibility index (Phi) is 13.7. The van der Waals surface area contributed by atoms with Crippen molar-refractivity contribution in [1.82, 2.24) is 14.7 Å². The predicted octanol–water partition coefficient (Wildman–Crippen LogP) is 6.26. The summed E-state index contributed by atoms with van der Waals surface area (Å²) in [5.41, 5.74) is 9.40. The number of rotatable bonds is 17. The van der Waals surface area contributed by atoms with Gasteiger partial charge in [-0.05, 0) is 94.3 Å². The van der Waals surface area contributed by atoms with E-state index in [0.29, 0.717) is 47.8 Å². The molecule has 0 saturated carbocycles. The Balaban J connectivity index is 1.08. The first-order valence-electron chi connectivity index (χ1n) is 20.1. The van der Waals surface area contributed by atoms with E-state index < -0.39 is 17.8 Å². The van der Waals surface area contributed by atoms with Crippen LogP contribution in [-0.2, 0) is 4.79 Å². The molecule has 4 amide bonds. The minimum absolute atomic E-state index is 0.00334. The van der Waals surface area contributed by atoms with Crippen LogP contribution in [0, 0.1) is 6.92 Å². The summed E-state index contributed by atoms with van der Waals surface area (Å²) in [7, 11) is 5.09. The highest BCUT2D eigenvalue weighted by Crippen LogP contribution is 2.36. The molecule has 6 rings (SSSR count). The van der Waals surface area contributed by atoms with Gasteiger partial charge in [0.15, 0.2) is 5.75 Å². The van der Waals surface area contributed by atoms with Gasteiger partial charge in [-0.25, -0.2) is 0 Å². The highest BCUT2D eigenvalue weighted by molar-refractivity contribution is 6.21. The van der Waals surface area contributed by atoms with Crippen LogP contribution in [0.4, 0.5) is 11.4 Å². The molecule has 1 saturated heterocycles. The van der Waals surface area contributed by atoms with Gasteiger partial charge in [-0.1, -0.05) is 30.3 Å². The number of likely N-dealkylation sites (N-methyl/N-ethyl adjacent to an activating group) is 1. The molecule has 13 nitrogen and oxygen atoms in total. The van der Waals surface area contributed by atoms with Gasteiger partial charge in [0.1, 0.15) is 11.5 Å². The second-order valence-electron chi connectivity index (χ2n) is 15.1. The maximum Gasteiger partial charge on any atom is 0.261 e. The van der Waals surface area contributed by atoms with E-state index in [2.05, 4.69) is 11.9 Å². The van der Waals surface area contributed by atoms with Gasteiger partial charge in [0.25, 0.3) is 17.7 Å². The molecule has 4 aromatic carbocycles. The predicted molar refractivity (Wildman–Crippen MR) is 226 cm³/mol. The van der Waals surface area contributed by atoms with E-state index in [0.717, 1.165) is 51.0 Å². The van der Waals surface area contributed by atoms with Crippen molar-refractivity contribution in [2.75, 3.05) is 71.2 Å². The number of aryl methyl sites for hydroxylation is 1. The maximum absolute atomic E-state index is 14.1. The van der Waals surface area contributed by atoms with Crippen molar-refractivity contribution >= 4 is 40.8 Å². The van der Waals surface area contributed by atoms with Gasteiger partial charge in [0.2, 0.25) is 11.7 Å². The second kappa shape index (κ2) is 19.0. The molecule has 0 aromatic heterocycles. The smallest absolute Gasteiger partial charge is 0.261 e. The van der Waals surface area contributed by atoms with Crippen LogP contribution < -0.4 is 24.8 Å². The Labute approximate surface area is 345 Å². The Morgan fingerprint density at radius 3 is 2.17 bits per heavy atom. The van der Waals surface area contributed by atoms with Crippen LogP contribution in [0.1, 0.15) is 91.6 Å². The lowest BCUT2D eigenvalue weighted by Crippen LogP contribution is -2.47. The second-order valence-corrected chi connectivity index (χ2v) is 15.1. The van der Waals surface area contributed by atoms with Crippen molar-refractivity contribution in [2.24, 2.45) is 0 Å². The molecular formula is C46H53N5O8. The normalized spacial score (nSPS) is 14.5. The molecule has 2 heterocycles. The number of hydrogen-bond acceptors (Lipinski definition) is 10. The Morgan fingerprint density at radius 2 is 1.47 bits per heavy atom. The lowest BCUT2D eigenvalue weighted by molar-refractivity contribution is -0.132. The molecule has 2 N–H and O–H groups in total. The number of anilines is 2. The Morgan fingerprint density at radius 1 is 0.814 bits per heavy atom. The molecule has 0 aliphatic carbocycles. The lowest BCUT2D eigenvalue weighted by atomic mass is 9.98. The van der Waals surface area contributed by atoms with Crippen molar-refractivity contribution in [2.45, 2.75) is 52.1 Å². The van der Waals surface area contributed by atoms with Gasteiger partial charge in [0.05, 0.1) is 59.0 Å². The summed E-state index contributed by atoms with van der Waals surface area (Å²) < 4.78 is 18.1. The number of methoxy groups -OCH3 is 1. The Bertz CT molecular complexity index is 2180. The average Bonchev–Trinajstić information content (AvgIpc) is 3.48. The standard InChI is InChI=1S/C46H53N5O8/c1-30-18-21-37(39(29-30)58-28-12-6-7-17-40(52)50-26-24-48(3)25-27-50)49(4)44(54)35-19-20-36(43(57-5)41(35)47)42(53)34-15-10-11-16-38(34)59-31(2)22-23-51-45(55)32-13-8-9-14-33(32)46(51)56/h8-11,13-16,18-21,29,31H,6-7,12,17,22-28,47H2,1-5H3/t31-/m0/s1. The topological polar surface area (TPSA) is 152 Å². The van der Waals surface area contributed by atoms with Crippen LogP contribution in [0.5, 0.6) is 17.2 Å². The fourth-order valence-corrected chi connectivity index (χ4v) is 7.37. The van der Waals surface area contributed by atoms with Crippen LogP contribution >= 0.6 is 0 Å². The lowest BCUT2D eigenvalue weighted by Gasteiger charge is -2.32. The average molecular weight is 804 g/mol. The summed E-state index contributed by atoms with van der Waals surface area (Å²) in [6, 6.07) is 22.1. The maximum atomic E-state index is 14.1. The van der Waals surface area contributed by atoms with Crippen LogP contribution in [-0.4, -0.2) is 111 Å². The van der Waals surface area contributed by atoms with E-state index >= 15 is 0 Å². The number of para-hydroxylation sites is 1. The minimum Gasteiger partial charge on any atom is -0.494 e. The number of ether oxygens (including phenoxy) is 3. The number of carbonyl (C=O) groups excluding carboxylic acids is 5. The van der Waals surface area contributed by atoms with Gasteiger partial charge < -0.3 is 34.6 Å². The number of nitrogens with two attached hydrogens (primary N) is 1. The minimum atomic E-state index is -0.464. The quantitative estimate of drug-likeness (QED) is 0.0561. The van der Waals surface area contributed by atoms with E-state index in [1.165, 1.54) is 29.0 Å². The molecule has 1 fully saturated rings. The summed E-state index contributed by atoms with van der Waals surface area (Å²) in [5, 5.41) is 0. The fourth-order valence-electron chi connectivity index (χ4n) is 7.37. The molecule has 13 heteroatoms. The number of carbonyl (C=O) groups is 5. The van der Waals surface area contributed by atoms with Crippen LogP contribution in [0.2, 0.25) is 0 Å². The van der Waals surface area contributed by atoms with Gasteiger partial charge in [-0.2, -0.15) is 0 Å². The summed E-state index contributed by atoms with van der Waals surface area (Å²) in [6.45, 7) is 7.68. The SMILES string of the molecule is COc1c(C(=O)c2ccccc2O[C@@H](C)CCN2C(=O)c3ccccc3C2=O)ccc(C(=O)N(C)c2ccc(C)cc2OCCCCCC(=O)N2CCN(C)CC2)c1N. The van der Waals surface area contributed by atoms with Crippen molar-refractivity contribution in [1.29, 1.82) is 0 Å². The molecule has 0 bridgehead atoms. The summed E-state index contributed by atoms with van der Waals surface area (Å²) in [5.74, 6) is -0.433. The van der Waals surface area contributed by atoms with Gasteiger partial charge in [-0.15, -0.1) is 0 Å². The van der Waals surface area contributed by atoms with Crippen molar-refractivity contribution in [3.05, 3.63) is 112 Å². The third kappa shape index (κ3) is 9.58. The molecule has 310 valence electrons. The first-order chi connectivity index (χ1) is 28.4. The number of imide groups is 1. The molecule has 0 unspecified atom stereocenters. The molecule has 2 aliphatic rings. The zero-order chi connectivity index (χ0) is 42.2. The summed E-state index contributed by atoms with van der Waals surface area (Å²) in [4.78, 5) is 73.3. The monoisotopic (exact) mass is 803 g/mol. The number of amides is 4. The van der Waals surface area contributed by atoms with Gasteiger partial charge in [0, 0.05) is 52.6 Å². The number of hydrogen-bond donors (Lipinski definition) is 1. The van der Waals surface area contributed by atoms with E-state index in [-0.39, 0.29) is 52.4 Å². The zero-order valence-electron chi connectivity index (χ0n) is 34.5. The van der Waals surface area contributed by atoms with Gasteiger partial charge in [-0.3, -0.25) is 28.9 Å². The number of piperazine rings is 1. The number of ketones is 1. The van der Waals surface area contributed by atoms with Gasteiger partial charge >= 0.3 is 0 Å². The number of benzene rings is 4. The first-order valence-corrected chi connectivity index (χ1v) is 20.1. The van der Waals surface area contributed by atoms with Crippen LogP contribution in [0.15, 0.2) is 78.9 Å². The van der Waals surface area contributed by atoms with E-state index in [1.807, 2.05) is 30.0 Å². The molecule has 4 aromatic rings. The molecule has 1 atom stereocenters. The molecule has 0 spiro atoms. The van der Waals surface area contributed by atoms with Crippen molar-refractivity contribution in [3.63, 3.8) is 0 Å². The van der Waals surface area contributed by atoms with E-state index in [1.54, 1.807) is 62.5 Å². The third-order valence-electron chi connectivity index (χ3n) is 10.9. The molecule has 59 heavy (non-hydrogen) atoms. The third-order valence-corrected chi connectivity index (χ3v) is 10.9. The molecule has 2 aliphatic heterocycles. The molecular weight excluding hydrogens is 751 g/mol. The molecule has 0 radical (unpaired) electrons. The van der Waals surface area contributed by atoms with Crippen LogP contribution in [0.25, 0.3) is 0 Å². The zero-order valence-corrected chi connectivity index (χ0v) is 34.5. The van der Waals surface area contributed by atoms with E-state index in [9.17, 15) is 24.0 Å². The number of unbranched alkanes of at least 4 members (excludes halogenated alkanes) is 2. The summed E-state index contributed by atoms with van der Waals surface area (Å²) >= 11 is 0. The highest BCUT2D eigenvalue weighted by atomic mass is 16.5. The van der Waals surface area contributed by atoms with Crippen molar-refractivity contribution < 1.29 is 38.2 Å². The van der Waals surface area contributed by atoms with Crippen LogP contribution in [0.3, 0.4) is 0 Å². The Hall–Kier alpha value is -6.21. The largest absolute Gasteiger partial charge is 0.494 e. The fraction of sp³-hybridized carbons (Fsp3) is 0.370. The number of fused-ring (bicyclic) bond motifs is 1. The number of nitrogen functional groups attached to an aromatic ring is 1. The van der Waals surface area contributed by atoms with E-state index in [4.69, 9.17) is 19.9 Å². The first kappa shape index (κ1) is 42.4. The van der Waals surface area contributed by atoms with Crippen molar-refractivity contribution in [3.8, 4) is 17.2 Å². The summed E-state index contributed by atoms with van der Waals surface area (Å²) in [6.07, 6.45) is 2.77.